The molecule has 3 N–H and O–H groups in total. The molecule has 0 spiro atoms. The largest absolute Gasteiger partial charge is 0.409 e. The number of carbonyl (C=O) groups excluding carboxylic acids is 1. The number of nitrogens with zero attached hydrogens (tertiary/aromatic N) is 2. The summed E-state index contributed by atoms with van der Waals surface area (Å²) in [5.74, 6) is -0.351. The van der Waals surface area contributed by atoms with Gasteiger partial charge in [-0.15, -0.1) is 0 Å². The molecule has 7 heteroatoms. The number of hydrogen-bond donors (Lipinski definition) is 2. The van der Waals surface area contributed by atoms with Gasteiger partial charge in [-0.2, -0.15) is 0 Å². The van der Waals surface area contributed by atoms with Gasteiger partial charge in [-0.05, 0) is 32.0 Å². The molecule has 0 saturated heterocycles. The molecule has 0 saturated carbocycles. The molecule has 0 fully saturated rings. The lowest BCUT2D eigenvalue weighted by Gasteiger charge is -2.26. The van der Waals surface area contributed by atoms with Gasteiger partial charge in [-0.3, -0.25) is 4.79 Å². The molecule has 19 heavy (non-hydrogen) atoms. The summed E-state index contributed by atoms with van der Waals surface area (Å²) in [6.07, 6.45) is 0. The number of nitrogens with two attached hydrogens (primary N) is 1. The summed E-state index contributed by atoms with van der Waals surface area (Å²) < 4.78 is 0. The second-order valence-electron chi connectivity index (χ2n) is 4.24. The number of benzene rings is 1. The van der Waals surface area contributed by atoms with Crippen molar-refractivity contribution in [3.05, 3.63) is 33.8 Å². The minimum Gasteiger partial charge on any atom is -0.409 e. The molecule has 1 amide bonds. The van der Waals surface area contributed by atoms with Gasteiger partial charge >= 0.3 is 0 Å². The standard InChI is InChI=1S/C12H15Cl2N3O2/c1-7(2)17(6-11(15)16-19)12(18)9-4-3-8(13)5-10(9)14/h3-5,7,19H,6H2,1-2H3,(H2,15,16). The maximum atomic E-state index is 12.4. The molecule has 0 atom stereocenters. The molecule has 0 aliphatic heterocycles. The Kier molecular flexibility index (Phi) is 5.44. The number of amidine groups is 1. The summed E-state index contributed by atoms with van der Waals surface area (Å²) in [5.41, 5.74) is 5.77. The Morgan fingerprint density at radius 3 is 2.58 bits per heavy atom. The van der Waals surface area contributed by atoms with E-state index >= 15 is 0 Å². The van der Waals surface area contributed by atoms with Crippen LogP contribution in [-0.2, 0) is 0 Å². The third-order valence-corrected chi connectivity index (χ3v) is 3.05. The molecule has 5 nitrogen and oxygen atoms in total. The minimum absolute atomic E-state index is 0.0198. The van der Waals surface area contributed by atoms with Crippen LogP contribution in [0.5, 0.6) is 0 Å². The SMILES string of the molecule is CC(C)N(CC(N)=NO)C(=O)c1ccc(Cl)cc1Cl. The van der Waals surface area contributed by atoms with Crippen LogP contribution in [0.25, 0.3) is 0 Å². The molecule has 0 aliphatic carbocycles. The molecule has 104 valence electrons. The molecule has 0 unspecified atom stereocenters. The van der Waals surface area contributed by atoms with E-state index in [9.17, 15) is 4.79 Å². The fourth-order valence-corrected chi connectivity index (χ4v) is 2.00. The quantitative estimate of drug-likeness (QED) is 0.388. The summed E-state index contributed by atoms with van der Waals surface area (Å²) in [5, 5.41) is 12.2. The molecular formula is C12H15Cl2N3O2. The molecular weight excluding hydrogens is 289 g/mol. The van der Waals surface area contributed by atoms with Crippen LogP contribution in [0.3, 0.4) is 0 Å². The van der Waals surface area contributed by atoms with Crippen LogP contribution in [0.15, 0.2) is 23.4 Å². The molecule has 1 aromatic carbocycles. The lowest BCUT2D eigenvalue weighted by molar-refractivity contribution is 0.0734. The van der Waals surface area contributed by atoms with Gasteiger partial charge in [0, 0.05) is 11.1 Å². The summed E-state index contributed by atoms with van der Waals surface area (Å²) in [6.45, 7) is 3.67. The highest BCUT2D eigenvalue weighted by molar-refractivity contribution is 6.36. The Morgan fingerprint density at radius 1 is 1.47 bits per heavy atom. The molecule has 1 aromatic rings. The van der Waals surface area contributed by atoms with Crippen LogP contribution in [0, 0.1) is 0 Å². The van der Waals surface area contributed by atoms with Crippen LogP contribution in [-0.4, -0.2) is 34.4 Å². The van der Waals surface area contributed by atoms with E-state index in [1.54, 1.807) is 12.1 Å². The number of oxime groups is 1. The zero-order valence-electron chi connectivity index (χ0n) is 10.6. The normalized spacial score (nSPS) is 11.7. The van der Waals surface area contributed by atoms with E-state index in [1.807, 2.05) is 13.8 Å². The Balaban J connectivity index is 3.06. The molecule has 1 rings (SSSR count). The molecule has 0 radical (unpaired) electrons. The average molecular weight is 304 g/mol. The Labute approximate surface area is 121 Å². The van der Waals surface area contributed by atoms with Crippen molar-refractivity contribution in [3.63, 3.8) is 0 Å². The highest BCUT2D eigenvalue weighted by Crippen LogP contribution is 2.22. The van der Waals surface area contributed by atoms with Crippen LogP contribution in [0.1, 0.15) is 24.2 Å². The number of carbonyl (C=O) groups is 1. The summed E-state index contributed by atoms with van der Waals surface area (Å²) in [6, 6.07) is 4.51. The first-order valence-corrected chi connectivity index (χ1v) is 6.34. The van der Waals surface area contributed by atoms with Gasteiger partial charge < -0.3 is 15.8 Å². The first kappa shape index (κ1) is 15.6. The van der Waals surface area contributed by atoms with Crippen molar-refractivity contribution in [2.45, 2.75) is 19.9 Å². The first-order chi connectivity index (χ1) is 8.86. The summed E-state index contributed by atoms with van der Waals surface area (Å²) >= 11 is 11.8. The van der Waals surface area contributed by atoms with Gasteiger partial charge in [0.05, 0.1) is 17.1 Å². The maximum Gasteiger partial charge on any atom is 0.256 e. The van der Waals surface area contributed by atoms with E-state index in [-0.39, 0.29) is 29.4 Å². The Bertz CT molecular complexity index is 504. The zero-order valence-corrected chi connectivity index (χ0v) is 12.1. The van der Waals surface area contributed by atoms with E-state index in [4.69, 9.17) is 34.1 Å². The third-order valence-electron chi connectivity index (χ3n) is 2.51. The van der Waals surface area contributed by atoms with Crippen molar-refractivity contribution in [3.8, 4) is 0 Å². The number of amides is 1. The van der Waals surface area contributed by atoms with Crippen LogP contribution in [0.2, 0.25) is 10.0 Å². The van der Waals surface area contributed by atoms with Crippen molar-refractivity contribution >= 4 is 34.9 Å². The third kappa shape index (κ3) is 4.01. The van der Waals surface area contributed by atoms with E-state index in [0.29, 0.717) is 10.6 Å². The van der Waals surface area contributed by atoms with Gasteiger partial charge in [0.2, 0.25) is 0 Å². The van der Waals surface area contributed by atoms with E-state index in [1.165, 1.54) is 11.0 Å². The highest BCUT2D eigenvalue weighted by Gasteiger charge is 2.22. The fraction of sp³-hybridized carbons (Fsp3) is 0.333. The van der Waals surface area contributed by atoms with Crippen molar-refractivity contribution < 1.29 is 10.0 Å². The van der Waals surface area contributed by atoms with E-state index in [0.717, 1.165) is 0 Å². The minimum atomic E-state index is -0.303. The van der Waals surface area contributed by atoms with Gasteiger partial charge in [0.15, 0.2) is 5.84 Å². The predicted octanol–water partition coefficient (Wildman–Crippen LogP) is 2.59. The Hall–Kier alpha value is -1.46. The maximum absolute atomic E-state index is 12.4. The Morgan fingerprint density at radius 2 is 2.11 bits per heavy atom. The smallest absolute Gasteiger partial charge is 0.256 e. The van der Waals surface area contributed by atoms with E-state index < -0.39 is 0 Å². The second-order valence-corrected chi connectivity index (χ2v) is 5.09. The van der Waals surface area contributed by atoms with Gasteiger partial charge in [-0.1, -0.05) is 28.4 Å². The number of hydrogen-bond acceptors (Lipinski definition) is 3. The van der Waals surface area contributed by atoms with Gasteiger partial charge in [0.1, 0.15) is 0 Å². The lowest BCUT2D eigenvalue weighted by atomic mass is 10.1. The fourth-order valence-electron chi connectivity index (χ4n) is 1.51. The average Bonchev–Trinajstić information content (AvgIpc) is 2.34. The predicted molar refractivity (Wildman–Crippen MR) is 76.0 cm³/mol. The molecule has 0 aromatic heterocycles. The number of halogens is 2. The van der Waals surface area contributed by atoms with Gasteiger partial charge in [-0.25, -0.2) is 0 Å². The van der Waals surface area contributed by atoms with Crippen molar-refractivity contribution in [1.82, 2.24) is 4.90 Å². The van der Waals surface area contributed by atoms with Crippen LogP contribution in [0.4, 0.5) is 0 Å². The highest BCUT2D eigenvalue weighted by atomic mass is 35.5. The summed E-state index contributed by atoms with van der Waals surface area (Å²) in [4.78, 5) is 13.8. The van der Waals surface area contributed by atoms with E-state index in [2.05, 4.69) is 5.16 Å². The van der Waals surface area contributed by atoms with Crippen LogP contribution >= 0.6 is 23.2 Å². The number of rotatable bonds is 4. The monoisotopic (exact) mass is 303 g/mol. The first-order valence-electron chi connectivity index (χ1n) is 5.59. The molecule has 0 bridgehead atoms. The van der Waals surface area contributed by atoms with Crippen molar-refractivity contribution in [2.75, 3.05) is 6.54 Å². The van der Waals surface area contributed by atoms with Crippen molar-refractivity contribution in [1.29, 1.82) is 0 Å². The van der Waals surface area contributed by atoms with Gasteiger partial charge in [0.25, 0.3) is 5.91 Å². The van der Waals surface area contributed by atoms with Crippen molar-refractivity contribution in [2.24, 2.45) is 10.9 Å². The zero-order chi connectivity index (χ0) is 14.6. The molecule has 0 aliphatic rings. The van der Waals surface area contributed by atoms with Crippen LogP contribution < -0.4 is 5.73 Å². The summed E-state index contributed by atoms with van der Waals surface area (Å²) in [7, 11) is 0. The second kappa shape index (κ2) is 6.63. The topological polar surface area (TPSA) is 78.9 Å². The molecule has 0 heterocycles. The lowest BCUT2D eigenvalue weighted by Crippen LogP contribution is -2.43.